The van der Waals surface area contributed by atoms with E-state index in [0.717, 1.165) is 5.75 Å². The smallest absolute Gasteiger partial charge is 0.314 e. The second-order valence-corrected chi connectivity index (χ2v) is 5.62. The highest BCUT2D eigenvalue weighted by molar-refractivity contribution is 7.98. The van der Waals surface area contributed by atoms with Gasteiger partial charge < -0.3 is 15.7 Å². The molecular weight excluding hydrogens is 240 g/mol. The van der Waals surface area contributed by atoms with Crippen LogP contribution in [-0.4, -0.2) is 42.2 Å². The Labute approximate surface area is 106 Å². The fraction of sp³-hybridized carbons (Fsp3) is 0.818. The minimum Gasteiger partial charge on any atom is -0.481 e. The molecule has 0 aromatic rings. The van der Waals surface area contributed by atoms with Crippen molar-refractivity contribution in [2.75, 3.05) is 25.1 Å². The number of carboxylic acids is 1. The molecule has 0 saturated heterocycles. The van der Waals surface area contributed by atoms with Gasteiger partial charge in [-0.15, -0.1) is 0 Å². The van der Waals surface area contributed by atoms with Crippen LogP contribution in [0.4, 0.5) is 4.79 Å². The van der Waals surface area contributed by atoms with Crippen LogP contribution >= 0.6 is 11.8 Å². The van der Waals surface area contributed by atoms with Crippen molar-refractivity contribution in [3.05, 3.63) is 0 Å². The zero-order valence-corrected chi connectivity index (χ0v) is 11.1. The third-order valence-electron chi connectivity index (χ3n) is 2.96. The van der Waals surface area contributed by atoms with Crippen LogP contribution in [0, 0.1) is 11.3 Å². The first-order valence-electron chi connectivity index (χ1n) is 5.74. The Morgan fingerprint density at radius 1 is 1.41 bits per heavy atom. The van der Waals surface area contributed by atoms with Crippen LogP contribution in [-0.2, 0) is 4.79 Å². The van der Waals surface area contributed by atoms with E-state index in [9.17, 15) is 9.59 Å². The summed E-state index contributed by atoms with van der Waals surface area (Å²) in [4.78, 5) is 22.3. The number of nitrogens with one attached hydrogen (secondary N) is 2. The number of rotatable bonds is 7. The molecular formula is C11H20N2O3S. The van der Waals surface area contributed by atoms with E-state index in [4.69, 9.17) is 5.11 Å². The summed E-state index contributed by atoms with van der Waals surface area (Å²) in [5, 5.41) is 14.3. The molecule has 0 aliphatic heterocycles. The van der Waals surface area contributed by atoms with Crippen molar-refractivity contribution in [1.82, 2.24) is 10.6 Å². The lowest BCUT2D eigenvalue weighted by atomic mass is 10.1. The first kappa shape index (κ1) is 14.2. The van der Waals surface area contributed by atoms with E-state index in [1.54, 1.807) is 11.8 Å². The summed E-state index contributed by atoms with van der Waals surface area (Å²) in [6, 6.07) is -0.273. The molecule has 5 nitrogen and oxygen atoms in total. The van der Waals surface area contributed by atoms with Gasteiger partial charge in [0.25, 0.3) is 0 Å². The quantitative estimate of drug-likeness (QED) is 0.641. The van der Waals surface area contributed by atoms with Crippen LogP contribution in [0.15, 0.2) is 0 Å². The average Bonchev–Trinajstić information content (AvgIpc) is 3.05. The van der Waals surface area contributed by atoms with Crippen molar-refractivity contribution in [2.24, 2.45) is 11.3 Å². The highest BCUT2D eigenvalue weighted by Crippen LogP contribution is 2.45. The van der Waals surface area contributed by atoms with Crippen molar-refractivity contribution >= 4 is 23.8 Å². The van der Waals surface area contributed by atoms with E-state index in [-0.39, 0.29) is 12.6 Å². The van der Waals surface area contributed by atoms with Gasteiger partial charge in [-0.25, -0.2) is 4.79 Å². The standard InChI is InChI=1S/C11H20N2O3S/c1-8(6-17-2)5-12-10(16)13-7-11(3-4-11)9(14)15/h8H,3-7H2,1-2H3,(H,14,15)(H2,12,13,16). The Bertz CT molecular complexity index is 292. The summed E-state index contributed by atoms with van der Waals surface area (Å²) in [6.45, 7) is 2.91. The van der Waals surface area contributed by atoms with Gasteiger partial charge in [0.05, 0.1) is 5.41 Å². The fourth-order valence-corrected chi connectivity index (χ4v) is 2.23. The Morgan fingerprint density at radius 3 is 2.53 bits per heavy atom. The number of carbonyl (C=O) groups excluding carboxylic acids is 1. The molecule has 1 aliphatic rings. The molecule has 1 aliphatic carbocycles. The number of aliphatic carboxylic acids is 1. The molecule has 1 atom stereocenters. The Hall–Kier alpha value is -0.910. The van der Waals surface area contributed by atoms with Crippen LogP contribution in [0.3, 0.4) is 0 Å². The van der Waals surface area contributed by atoms with Crippen LogP contribution in [0.2, 0.25) is 0 Å². The van der Waals surface area contributed by atoms with Gasteiger partial charge in [0.1, 0.15) is 0 Å². The number of amides is 2. The summed E-state index contributed by atoms with van der Waals surface area (Å²) in [5.41, 5.74) is -0.692. The number of carboxylic acid groups (broad SMARTS) is 1. The summed E-state index contributed by atoms with van der Waals surface area (Å²) in [6.07, 6.45) is 3.34. The van der Waals surface area contributed by atoms with Gasteiger partial charge in [-0.3, -0.25) is 4.79 Å². The van der Waals surface area contributed by atoms with Gasteiger partial charge in [-0.1, -0.05) is 6.92 Å². The Kier molecular flexibility index (Phi) is 5.11. The molecule has 1 saturated carbocycles. The SMILES string of the molecule is CSCC(C)CNC(=O)NCC1(C(=O)O)CC1. The Balaban J connectivity index is 2.16. The van der Waals surface area contributed by atoms with Crippen LogP contribution < -0.4 is 10.6 Å². The first-order chi connectivity index (χ1) is 8.00. The summed E-state index contributed by atoms with van der Waals surface area (Å²) in [7, 11) is 0. The molecule has 0 aromatic heterocycles. The van der Waals surface area contributed by atoms with Gasteiger partial charge in [0.15, 0.2) is 0 Å². The predicted molar refractivity (Wildman–Crippen MR) is 68.3 cm³/mol. The van der Waals surface area contributed by atoms with E-state index in [0.29, 0.717) is 25.3 Å². The van der Waals surface area contributed by atoms with Crippen molar-refractivity contribution in [2.45, 2.75) is 19.8 Å². The molecule has 2 amide bonds. The minimum absolute atomic E-state index is 0.227. The predicted octanol–water partition coefficient (Wildman–Crippen LogP) is 1.15. The molecule has 6 heteroatoms. The van der Waals surface area contributed by atoms with Crippen molar-refractivity contribution < 1.29 is 14.7 Å². The van der Waals surface area contributed by atoms with Crippen LogP contribution in [0.5, 0.6) is 0 Å². The number of urea groups is 1. The maximum absolute atomic E-state index is 11.4. The molecule has 0 bridgehead atoms. The van der Waals surface area contributed by atoms with Gasteiger partial charge >= 0.3 is 12.0 Å². The lowest BCUT2D eigenvalue weighted by Gasteiger charge is -2.14. The highest BCUT2D eigenvalue weighted by atomic mass is 32.2. The zero-order valence-electron chi connectivity index (χ0n) is 10.3. The fourth-order valence-electron chi connectivity index (χ4n) is 1.54. The summed E-state index contributed by atoms with van der Waals surface area (Å²) in [5.74, 6) is 0.609. The molecule has 1 fully saturated rings. The average molecular weight is 260 g/mol. The maximum Gasteiger partial charge on any atom is 0.314 e. The summed E-state index contributed by atoms with van der Waals surface area (Å²) >= 11 is 1.74. The second kappa shape index (κ2) is 6.14. The van der Waals surface area contributed by atoms with Gasteiger partial charge in [0, 0.05) is 13.1 Å². The van der Waals surface area contributed by atoms with Gasteiger partial charge in [-0.2, -0.15) is 11.8 Å². The van der Waals surface area contributed by atoms with Crippen LogP contribution in [0.25, 0.3) is 0 Å². The van der Waals surface area contributed by atoms with Crippen molar-refractivity contribution in [3.63, 3.8) is 0 Å². The van der Waals surface area contributed by atoms with E-state index >= 15 is 0 Å². The lowest BCUT2D eigenvalue weighted by molar-refractivity contribution is -0.143. The largest absolute Gasteiger partial charge is 0.481 e. The van der Waals surface area contributed by atoms with E-state index in [1.807, 2.05) is 6.26 Å². The number of hydrogen-bond donors (Lipinski definition) is 3. The molecule has 0 heterocycles. The van der Waals surface area contributed by atoms with E-state index in [2.05, 4.69) is 17.6 Å². The normalized spacial score (nSPS) is 18.2. The third-order valence-corrected chi connectivity index (χ3v) is 3.86. The molecule has 1 unspecified atom stereocenters. The lowest BCUT2D eigenvalue weighted by Crippen LogP contribution is -2.42. The first-order valence-corrected chi connectivity index (χ1v) is 7.13. The van der Waals surface area contributed by atoms with Crippen molar-refractivity contribution in [3.8, 4) is 0 Å². The summed E-state index contributed by atoms with van der Waals surface area (Å²) < 4.78 is 0. The third kappa shape index (κ3) is 4.46. The molecule has 0 aromatic carbocycles. The molecule has 0 radical (unpaired) electrons. The zero-order chi connectivity index (χ0) is 12.9. The van der Waals surface area contributed by atoms with Crippen LogP contribution in [0.1, 0.15) is 19.8 Å². The Morgan fingerprint density at radius 2 is 2.06 bits per heavy atom. The minimum atomic E-state index is -0.812. The topological polar surface area (TPSA) is 78.4 Å². The van der Waals surface area contributed by atoms with E-state index < -0.39 is 11.4 Å². The maximum atomic E-state index is 11.4. The highest BCUT2D eigenvalue weighted by Gasteiger charge is 2.50. The van der Waals surface area contributed by atoms with Gasteiger partial charge in [0.2, 0.25) is 0 Å². The van der Waals surface area contributed by atoms with Gasteiger partial charge in [-0.05, 0) is 30.8 Å². The monoisotopic (exact) mass is 260 g/mol. The molecule has 1 rings (SSSR count). The van der Waals surface area contributed by atoms with Crippen molar-refractivity contribution in [1.29, 1.82) is 0 Å². The molecule has 3 N–H and O–H groups in total. The molecule has 0 spiro atoms. The second-order valence-electron chi connectivity index (χ2n) is 4.71. The number of thioether (sulfide) groups is 1. The molecule has 98 valence electrons. The number of hydrogen-bond acceptors (Lipinski definition) is 3. The number of carbonyl (C=O) groups is 2. The van der Waals surface area contributed by atoms with E-state index in [1.165, 1.54) is 0 Å². The molecule has 17 heavy (non-hydrogen) atoms.